The van der Waals surface area contributed by atoms with Crippen LogP contribution in [0.1, 0.15) is 53.6 Å². The molecule has 154 valence electrons. The van der Waals surface area contributed by atoms with Crippen LogP contribution < -0.4 is 4.74 Å². The summed E-state index contributed by atoms with van der Waals surface area (Å²) in [7, 11) is 0. The molecular formula is C24H23NO3S2. The molecule has 0 atom stereocenters. The maximum absolute atomic E-state index is 12.9. The van der Waals surface area contributed by atoms with E-state index in [1.165, 1.54) is 18.2 Å². The smallest absolute Gasteiger partial charge is 0.343 e. The zero-order chi connectivity index (χ0) is 21.1. The van der Waals surface area contributed by atoms with Crippen LogP contribution in [0.25, 0.3) is 6.08 Å². The Labute approximate surface area is 186 Å². The third-order valence-electron chi connectivity index (χ3n) is 5.44. The van der Waals surface area contributed by atoms with Crippen molar-refractivity contribution in [3.63, 3.8) is 0 Å². The van der Waals surface area contributed by atoms with Gasteiger partial charge in [0.05, 0.1) is 10.5 Å². The molecule has 2 fully saturated rings. The lowest BCUT2D eigenvalue weighted by Gasteiger charge is -2.29. The second kappa shape index (κ2) is 9.14. The SMILES string of the molecule is Cc1ccc(C(=O)Oc2ccc(/C=C3/SC(=S)N(C4CCCCC4)C3=O)cc2)cc1. The minimum Gasteiger partial charge on any atom is -0.423 e. The molecule has 0 N–H and O–H groups in total. The van der Waals surface area contributed by atoms with Gasteiger partial charge in [0.15, 0.2) is 0 Å². The van der Waals surface area contributed by atoms with E-state index < -0.39 is 5.97 Å². The molecule has 4 nitrogen and oxygen atoms in total. The van der Waals surface area contributed by atoms with E-state index in [1.807, 2.05) is 42.2 Å². The monoisotopic (exact) mass is 437 g/mol. The Bertz CT molecular complexity index is 990. The normalized spacial score (nSPS) is 18.8. The average molecular weight is 438 g/mol. The van der Waals surface area contributed by atoms with Crippen LogP contribution in [-0.4, -0.2) is 27.1 Å². The van der Waals surface area contributed by atoms with Gasteiger partial charge in [-0.2, -0.15) is 0 Å². The number of aryl methyl sites for hydroxylation is 1. The summed E-state index contributed by atoms with van der Waals surface area (Å²) in [6, 6.07) is 14.6. The second-order valence-electron chi connectivity index (χ2n) is 7.67. The highest BCUT2D eigenvalue weighted by Gasteiger charge is 2.37. The zero-order valence-corrected chi connectivity index (χ0v) is 18.4. The molecule has 1 amide bonds. The summed E-state index contributed by atoms with van der Waals surface area (Å²) in [6.07, 6.45) is 7.46. The van der Waals surface area contributed by atoms with Crippen LogP contribution in [0, 0.1) is 6.92 Å². The van der Waals surface area contributed by atoms with Gasteiger partial charge in [-0.25, -0.2) is 4.79 Å². The number of nitrogens with zero attached hydrogens (tertiary/aromatic N) is 1. The van der Waals surface area contributed by atoms with Gasteiger partial charge in [0.1, 0.15) is 10.1 Å². The highest BCUT2D eigenvalue weighted by atomic mass is 32.2. The van der Waals surface area contributed by atoms with Gasteiger partial charge in [-0.15, -0.1) is 0 Å². The van der Waals surface area contributed by atoms with Gasteiger partial charge in [0, 0.05) is 6.04 Å². The molecule has 1 heterocycles. The van der Waals surface area contributed by atoms with Crippen molar-refractivity contribution in [2.45, 2.75) is 45.1 Å². The van der Waals surface area contributed by atoms with Gasteiger partial charge < -0.3 is 4.74 Å². The number of rotatable bonds is 4. The predicted octanol–water partition coefficient (Wildman–Crippen LogP) is 5.75. The van der Waals surface area contributed by atoms with Crippen LogP contribution in [0.5, 0.6) is 5.75 Å². The first-order chi connectivity index (χ1) is 14.5. The van der Waals surface area contributed by atoms with E-state index in [4.69, 9.17) is 17.0 Å². The van der Waals surface area contributed by atoms with Crippen molar-refractivity contribution in [3.8, 4) is 5.75 Å². The van der Waals surface area contributed by atoms with Gasteiger partial charge in [0.25, 0.3) is 5.91 Å². The number of thiocarbonyl (C=S) groups is 1. The number of esters is 1. The standard InChI is InChI=1S/C24H23NO3S2/c1-16-7-11-18(12-8-16)23(27)28-20-13-9-17(10-14-20)15-21-22(26)25(24(29)30-21)19-5-3-2-4-6-19/h7-15,19H,2-6H2,1H3/b21-15+. The number of thioether (sulfide) groups is 1. The Hall–Kier alpha value is -2.44. The molecule has 2 aliphatic rings. The first-order valence-corrected chi connectivity index (χ1v) is 11.4. The number of benzene rings is 2. The molecule has 1 saturated heterocycles. The lowest BCUT2D eigenvalue weighted by molar-refractivity contribution is -0.124. The Kier molecular flexibility index (Phi) is 6.35. The fraction of sp³-hybridized carbons (Fsp3) is 0.292. The maximum atomic E-state index is 12.9. The molecule has 2 aromatic rings. The summed E-state index contributed by atoms with van der Waals surface area (Å²) in [5.74, 6) is 0.0790. The molecule has 0 unspecified atom stereocenters. The van der Waals surface area contributed by atoms with Gasteiger partial charge >= 0.3 is 5.97 Å². The molecule has 4 rings (SSSR count). The minimum atomic E-state index is -0.392. The molecule has 0 aromatic heterocycles. The molecule has 0 radical (unpaired) electrons. The van der Waals surface area contributed by atoms with Crippen LogP contribution in [0.2, 0.25) is 0 Å². The van der Waals surface area contributed by atoms with Gasteiger partial charge in [-0.1, -0.05) is 73.1 Å². The summed E-state index contributed by atoms with van der Waals surface area (Å²) < 4.78 is 6.09. The minimum absolute atomic E-state index is 0.00627. The van der Waals surface area contributed by atoms with E-state index in [-0.39, 0.29) is 11.9 Å². The topological polar surface area (TPSA) is 46.6 Å². The molecule has 1 aliphatic heterocycles. The molecular weight excluding hydrogens is 414 g/mol. The van der Waals surface area contributed by atoms with Crippen molar-refractivity contribution in [2.75, 3.05) is 0 Å². The highest BCUT2D eigenvalue weighted by Crippen LogP contribution is 2.37. The van der Waals surface area contributed by atoms with Crippen LogP contribution in [0.4, 0.5) is 0 Å². The molecule has 0 spiro atoms. The first-order valence-electron chi connectivity index (χ1n) is 10.2. The molecule has 2 aromatic carbocycles. The van der Waals surface area contributed by atoms with Crippen LogP contribution in [-0.2, 0) is 4.79 Å². The fourth-order valence-corrected chi connectivity index (χ4v) is 5.17. The Morgan fingerprint density at radius 1 is 1.07 bits per heavy atom. The third kappa shape index (κ3) is 4.65. The summed E-state index contributed by atoms with van der Waals surface area (Å²) >= 11 is 6.85. The fourth-order valence-electron chi connectivity index (χ4n) is 3.77. The number of carbonyl (C=O) groups is 2. The summed E-state index contributed by atoms with van der Waals surface area (Å²) in [6.45, 7) is 1.97. The number of carbonyl (C=O) groups excluding carboxylic acids is 2. The number of amides is 1. The summed E-state index contributed by atoms with van der Waals surface area (Å²) in [5.41, 5.74) is 2.47. The Morgan fingerprint density at radius 2 is 1.73 bits per heavy atom. The highest BCUT2D eigenvalue weighted by molar-refractivity contribution is 8.26. The van der Waals surface area contributed by atoms with Crippen LogP contribution in [0.15, 0.2) is 53.4 Å². The predicted molar refractivity (Wildman–Crippen MR) is 124 cm³/mol. The average Bonchev–Trinajstić information content (AvgIpc) is 3.03. The third-order valence-corrected chi connectivity index (χ3v) is 6.77. The van der Waals surface area contributed by atoms with Gasteiger partial charge in [-0.3, -0.25) is 9.69 Å². The van der Waals surface area contributed by atoms with E-state index in [9.17, 15) is 9.59 Å². The van der Waals surface area contributed by atoms with Crippen molar-refractivity contribution >= 4 is 46.3 Å². The van der Waals surface area contributed by atoms with E-state index in [0.29, 0.717) is 20.5 Å². The van der Waals surface area contributed by atoms with Crippen molar-refractivity contribution in [1.82, 2.24) is 4.90 Å². The largest absolute Gasteiger partial charge is 0.423 e. The molecule has 1 aliphatic carbocycles. The zero-order valence-electron chi connectivity index (χ0n) is 16.8. The lowest BCUT2D eigenvalue weighted by atomic mass is 9.94. The van der Waals surface area contributed by atoms with Crippen molar-refractivity contribution in [3.05, 3.63) is 70.1 Å². The van der Waals surface area contributed by atoms with E-state index in [1.54, 1.807) is 24.3 Å². The first kappa shape index (κ1) is 20.8. The van der Waals surface area contributed by atoms with Gasteiger partial charge in [-0.05, 0) is 55.7 Å². The molecule has 30 heavy (non-hydrogen) atoms. The summed E-state index contributed by atoms with van der Waals surface area (Å²) in [5, 5.41) is 0. The Morgan fingerprint density at radius 3 is 2.40 bits per heavy atom. The molecule has 0 bridgehead atoms. The van der Waals surface area contributed by atoms with E-state index >= 15 is 0 Å². The van der Waals surface area contributed by atoms with Crippen molar-refractivity contribution < 1.29 is 14.3 Å². The Balaban J connectivity index is 1.43. The van der Waals surface area contributed by atoms with E-state index in [2.05, 4.69) is 0 Å². The van der Waals surface area contributed by atoms with E-state index in [0.717, 1.165) is 36.8 Å². The quantitative estimate of drug-likeness (QED) is 0.264. The number of ether oxygens (including phenoxy) is 1. The van der Waals surface area contributed by atoms with Crippen molar-refractivity contribution in [1.29, 1.82) is 0 Å². The van der Waals surface area contributed by atoms with Crippen molar-refractivity contribution in [2.24, 2.45) is 0 Å². The maximum Gasteiger partial charge on any atom is 0.343 e. The molecule has 1 saturated carbocycles. The van der Waals surface area contributed by atoms with Crippen LogP contribution >= 0.6 is 24.0 Å². The summed E-state index contributed by atoms with van der Waals surface area (Å²) in [4.78, 5) is 27.6. The van der Waals surface area contributed by atoms with Gasteiger partial charge in [0.2, 0.25) is 0 Å². The number of hydrogen-bond donors (Lipinski definition) is 0. The second-order valence-corrected chi connectivity index (χ2v) is 9.34. The lowest BCUT2D eigenvalue weighted by Crippen LogP contribution is -2.39. The van der Waals surface area contributed by atoms with Crippen LogP contribution in [0.3, 0.4) is 0 Å². The number of hydrogen-bond acceptors (Lipinski definition) is 5. The molecule has 6 heteroatoms.